The molecule has 5 bridgehead atoms. The molecule has 0 aromatic heterocycles. The minimum atomic E-state index is -1.32. The third kappa shape index (κ3) is 5.57. The minimum absolute atomic E-state index is 0.0824. The second-order valence-electron chi connectivity index (χ2n) is 11.6. The first kappa shape index (κ1) is 30.2. The number of hydrogen-bond donors (Lipinski definition) is 2. The molecule has 222 valence electrons. The predicted molar refractivity (Wildman–Crippen MR) is 148 cm³/mol. The summed E-state index contributed by atoms with van der Waals surface area (Å²) in [7, 11) is 0. The van der Waals surface area contributed by atoms with Crippen LogP contribution in [0.25, 0.3) is 0 Å². The SMILES string of the molecule is CCCCCN1C/C=C\CCC(=O)NC[C@H](C)OC(=O)[C@@H]2[C@H]3C(=O)N([C@@H](CO)[C@@H](C)CC)[C@H](C1=O)[C@]31C=C[C@H]2O1. The molecule has 8 atom stereocenters. The van der Waals surface area contributed by atoms with Crippen LogP contribution in [0, 0.1) is 17.8 Å². The van der Waals surface area contributed by atoms with Gasteiger partial charge in [0, 0.05) is 19.5 Å². The largest absolute Gasteiger partial charge is 0.460 e. The van der Waals surface area contributed by atoms with Gasteiger partial charge in [-0.15, -0.1) is 0 Å². The molecule has 10 heteroatoms. The van der Waals surface area contributed by atoms with Gasteiger partial charge in [-0.25, -0.2) is 0 Å². The Hall–Kier alpha value is -2.72. The van der Waals surface area contributed by atoms with E-state index < -0.39 is 47.7 Å². The van der Waals surface area contributed by atoms with Crippen molar-refractivity contribution in [2.75, 3.05) is 26.2 Å². The van der Waals surface area contributed by atoms with E-state index in [4.69, 9.17) is 9.47 Å². The number of unbranched alkanes of at least 4 members (excludes halogenated alkanes) is 2. The highest BCUT2D eigenvalue weighted by molar-refractivity contribution is 5.99. The molecule has 1 spiro atoms. The van der Waals surface area contributed by atoms with Crippen molar-refractivity contribution in [3.05, 3.63) is 24.3 Å². The number of amides is 3. The number of carbonyl (C=O) groups is 4. The van der Waals surface area contributed by atoms with Crippen LogP contribution in [0.2, 0.25) is 0 Å². The molecule has 0 unspecified atom stereocenters. The van der Waals surface area contributed by atoms with Gasteiger partial charge in [0.25, 0.3) is 0 Å². The van der Waals surface area contributed by atoms with Gasteiger partial charge in [0.1, 0.15) is 23.7 Å². The number of hydrogen-bond acceptors (Lipinski definition) is 7. The summed E-state index contributed by atoms with van der Waals surface area (Å²) in [5, 5.41) is 13.3. The molecule has 0 radical (unpaired) electrons. The van der Waals surface area contributed by atoms with Crippen LogP contribution in [0.5, 0.6) is 0 Å². The number of esters is 1. The van der Waals surface area contributed by atoms with Crippen LogP contribution in [-0.4, -0.2) is 94.7 Å². The van der Waals surface area contributed by atoms with Crippen LogP contribution < -0.4 is 5.32 Å². The van der Waals surface area contributed by atoms with E-state index in [1.807, 2.05) is 26.0 Å². The molecule has 0 aromatic carbocycles. The van der Waals surface area contributed by atoms with Crippen molar-refractivity contribution in [3.63, 3.8) is 0 Å². The van der Waals surface area contributed by atoms with Gasteiger partial charge in [-0.05, 0) is 25.7 Å². The van der Waals surface area contributed by atoms with E-state index in [-0.39, 0.29) is 43.2 Å². The van der Waals surface area contributed by atoms with Gasteiger partial charge in [0.05, 0.1) is 31.2 Å². The topological polar surface area (TPSA) is 125 Å². The average Bonchev–Trinajstić information content (AvgIpc) is 3.58. The number of likely N-dealkylation sites (tertiary alicyclic amines) is 1. The van der Waals surface area contributed by atoms with E-state index in [0.717, 1.165) is 19.3 Å². The van der Waals surface area contributed by atoms with E-state index in [9.17, 15) is 24.3 Å². The molecule has 4 aliphatic rings. The highest BCUT2D eigenvalue weighted by atomic mass is 16.6. The van der Waals surface area contributed by atoms with Gasteiger partial charge >= 0.3 is 5.97 Å². The summed E-state index contributed by atoms with van der Waals surface area (Å²) >= 11 is 0. The van der Waals surface area contributed by atoms with Crippen LogP contribution in [-0.2, 0) is 28.7 Å². The third-order valence-electron chi connectivity index (χ3n) is 8.94. The summed E-state index contributed by atoms with van der Waals surface area (Å²) < 4.78 is 12.1. The van der Waals surface area contributed by atoms with E-state index in [1.54, 1.807) is 24.0 Å². The van der Waals surface area contributed by atoms with Gasteiger partial charge in [-0.1, -0.05) is 64.3 Å². The summed E-state index contributed by atoms with van der Waals surface area (Å²) in [6, 6.07) is -1.62. The van der Waals surface area contributed by atoms with Crippen molar-refractivity contribution in [1.29, 1.82) is 0 Å². The molecule has 0 aromatic rings. The molecule has 4 rings (SSSR count). The number of carbonyl (C=O) groups excluding carboxylic acids is 4. The Morgan fingerprint density at radius 3 is 2.62 bits per heavy atom. The predicted octanol–water partition coefficient (Wildman–Crippen LogP) is 1.96. The number of nitrogens with one attached hydrogen (secondary N) is 1. The molecule has 2 saturated heterocycles. The summed E-state index contributed by atoms with van der Waals surface area (Å²) in [6.07, 6.45) is 10.3. The smallest absolute Gasteiger partial charge is 0.313 e. The van der Waals surface area contributed by atoms with E-state index in [1.165, 1.54) is 4.90 Å². The summed E-state index contributed by atoms with van der Waals surface area (Å²) in [4.78, 5) is 57.9. The number of ether oxygens (including phenoxy) is 2. The zero-order chi connectivity index (χ0) is 29.0. The first-order valence-electron chi connectivity index (χ1n) is 14.9. The van der Waals surface area contributed by atoms with Gasteiger partial charge in [0.2, 0.25) is 17.7 Å². The van der Waals surface area contributed by atoms with E-state index in [2.05, 4.69) is 12.2 Å². The number of rotatable bonds is 8. The Labute approximate surface area is 237 Å². The number of nitrogens with zero attached hydrogens (tertiary/aromatic N) is 2. The van der Waals surface area contributed by atoms with Crippen LogP contribution >= 0.6 is 0 Å². The molecule has 2 N–H and O–H groups in total. The van der Waals surface area contributed by atoms with Crippen LogP contribution in [0.1, 0.15) is 66.2 Å². The Morgan fingerprint density at radius 2 is 1.93 bits per heavy atom. The highest BCUT2D eigenvalue weighted by Crippen LogP contribution is 2.56. The molecule has 40 heavy (non-hydrogen) atoms. The van der Waals surface area contributed by atoms with Crippen molar-refractivity contribution in [2.45, 2.75) is 96.1 Å². The van der Waals surface area contributed by atoms with Crippen molar-refractivity contribution in [2.24, 2.45) is 17.8 Å². The standard InChI is InChI=1S/C30H45N3O7/c1-5-7-10-15-32-16-11-8-9-12-23(35)31-17-20(4)39-29(38)24-22-13-14-30(40-22)25(24)27(36)33(26(30)28(32)37)21(18-34)19(3)6-2/h8,11,13-14,19-22,24-26,34H,5-7,9-10,12,15-18H2,1-4H3,(H,31,35)/b11-8-/t19-,20-,21-,22+,24-,25-,26+,30-/m0/s1. The van der Waals surface area contributed by atoms with E-state index in [0.29, 0.717) is 25.9 Å². The number of aliphatic hydroxyl groups excluding tert-OH is 1. The van der Waals surface area contributed by atoms with Crippen molar-refractivity contribution in [1.82, 2.24) is 15.1 Å². The molecule has 2 fully saturated rings. The van der Waals surface area contributed by atoms with Gasteiger partial charge in [0.15, 0.2) is 0 Å². The van der Waals surface area contributed by atoms with Gasteiger partial charge in [-0.2, -0.15) is 0 Å². The summed E-state index contributed by atoms with van der Waals surface area (Å²) in [6.45, 7) is 8.41. The van der Waals surface area contributed by atoms with Crippen molar-refractivity contribution >= 4 is 23.7 Å². The number of cyclic esters (lactones) is 1. The zero-order valence-corrected chi connectivity index (χ0v) is 24.2. The lowest BCUT2D eigenvalue weighted by atomic mass is 9.74. The second kappa shape index (κ2) is 12.9. The Bertz CT molecular complexity index is 1030. The summed E-state index contributed by atoms with van der Waals surface area (Å²) in [5.41, 5.74) is -1.32. The van der Waals surface area contributed by atoms with Gasteiger partial charge in [-0.3, -0.25) is 19.2 Å². The maximum atomic E-state index is 14.5. The fourth-order valence-electron chi connectivity index (χ4n) is 6.54. The maximum absolute atomic E-state index is 14.5. The Morgan fingerprint density at radius 1 is 1.15 bits per heavy atom. The molecule has 0 aliphatic carbocycles. The first-order valence-corrected chi connectivity index (χ1v) is 14.9. The third-order valence-corrected chi connectivity index (χ3v) is 8.94. The lowest BCUT2D eigenvalue weighted by Crippen LogP contribution is -2.59. The maximum Gasteiger partial charge on any atom is 0.313 e. The number of fused-ring (bicyclic) bond motifs is 2. The number of aliphatic hydroxyl groups is 1. The molecule has 4 heterocycles. The quantitative estimate of drug-likeness (QED) is 0.265. The monoisotopic (exact) mass is 559 g/mol. The fraction of sp³-hybridized carbons (Fsp3) is 0.733. The number of allylic oxidation sites excluding steroid dienone is 1. The van der Waals surface area contributed by atoms with Crippen molar-refractivity contribution < 1.29 is 33.8 Å². The second-order valence-corrected chi connectivity index (χ2v) is 11.6. The Kier molecular flexibility index (Phi) is 9.72. The molecule has 10 nitrogen and oxygen atoms in total. The molecular formula is C30H45N3O7. The van der Waals surface area contributed by atoms with E-state index >= 15 is 0 Å². The van der Waals surface area contributed by atoms with Crippen molar-refractivity contribution in [3.8, 4) is 0 Å². The molecular weight excluding hydrogens is 514 g/mol. The first-order chi connectivity index (χ1) is 19.2. The Balaban J connectivity index is 1.79. The van der Waals surface area contributed by atoms with Crippen LogP contribution in [0.3, 0.4) is 0 Å². The lowest BCUT2D eigenvalue weighted by molar-refractivity contribution is -0.159. The van der Waals surface area contributed by atoms with Crippen LogP contribution in [0.4, 0.5) is 0 Å². The highest BCUT2D eigenvalue weighted by Gasteiger charge is 2.74. The van der Waals surface area contributed by atoms with Gasteiger partial charge < -0.3 is 29.7 Å². The zero-order valence-electron chi connectivity index (χ0n) is 24.2. The normalized spacial score (nSPS) is 35.0. The fourth-order valence-corrected chi connectivity index (χ4v) is 6.54. The summed E-state index contributed by atoms with van der Waals surface area (Å²) in [5.74, 6) is -3.29. The minimum Gasteiger partial charge on any atom is -0.460 e. The molecule has 3 amide bonds. The van der Waals surface area contributed by atoms with Crippen LogP contribution in [0.15, 0.2) is 24.3 Å². The average molecular weight is 560 g/mol. The molecule has 0 saturated carbocycles. The molecule has 4 aliphatic heterocycles. The lowest BCUT2D eigenvalue weighted by Gasteiger charge is -2.40.